The molecule has 14 heavy (non-hydrogen) atoms. The average Bonchev–Trinajstić information content (AvgIpc) is 2.18. The molecule has 0 radical (unpaired) electrons. The highest BCUT2D eigenvalue weighted by atomic mass is 16.2. The zero-order chi connectivity index (χ0) is 10.6. The minimum atomic E-state index is -0.231. The van der Waals surface area contributed by atoms with Crippen molar-refractivity contribution in [3.8, 4) is 0 Å². The smallest absolute Gasteiger partial charge is 0.318 e. The minimum absolute atomic E-state index is 0.231. The van der Waals surface area contributed by atoms with Gasteiger partial charge in [0, 0.05) is 19.3 Å². The molecule has 76 valence electrons. The zero-order valence-corrected chi connectivity index (χ0v) is 8.42. The number of carbonyl (C=O) groups is 1. The van der Waals surface area contributed by atoms with Gasteiger partial charge in [-0.1, -0.05) is 12.1 Å². The summed E-state index contributed by atoms with van der Waals surface area (Å²) in [6.45, 7) is 2.39. The van der Waals surface area contributed by atoms with Gasteiger partial charge < -0.3 is 16.4 Å². The maximum absolute atomic E-state index is 11.1. The Morgan fingerprint density at radius 3 is 2.79 bits per heavy atom. The fraction of sp³-hybridized carbons (Fsp3) is 0.300. The van der Waals surface area contributed by atoms with Crippen LogP contribution in [0.3, 0.4) is 0 Å². The molecule has 1 aromatic rings. The number of nitrogens with two attached hydrogens (primary N) is 1. The van der Waals surface area contributed by atoms with Crippen LogP contribution in [0.5, 0.6) is 0 Å². The maximum atomic E-state index is 11.1. The monoisotopic (exact) mass is 193 g/mol. The molecule has 0 atom stereocenters. The standard InChI is InChI=1S/C10H15N3O/c1-7-4-3-5-9(8(7)6-11)13-10(14)12-2/h3-5H,6,11H2,1-2H3,(H2,12,13,14). The topological polar surface area (TPSA) is 67.2 Å². The second-order valence-electron chi connectivity index (χ2n) is 3.01. The van der Waals surface area contributed by atoms with Crippen LogP contribution in [0.1, 0.15) is 11.1 Å². The molecule has 0 heterocycles. The number of hydrogen-bond donors (Lipinski definition) is 3. The van der Waals surface area contributed by atoms with Crippen LogP contribution in [-0.2, 0) is 6.54 Å². The summed E-state index contributed by atoms with van der Waals surface area (Å²) in [6.07, 6.45) is 0. The molecule has 4 N–H and O–H groups in total. The zero-order valence-electron chi connectivity index (χ0n) is 8.42. The van der Waals surface area contributed by atoms with Crippen LogP contribution in [-0.4, -0.2) is 13.1 Å². The second kappa shape index (κ2) is 4.62. The summed E-state index contributed by atoms with van der Waals surface area (Å²) < 4.78 is 0. The summed E-state index contributed by atoms with van der Waals surface area (Å²) in [5.74, 6) is 0. The van der Waals surface area contributed by atoms with E-state index in [2.05, 4.69) is 10.6 Å². The molecule has 2 amide bonds. The van der Waals surface area contributed by atoms with E-state index in [1.165, 1.54) is 0 Å². The van der Waals surface area contributed by atoms with E-state index in [4.69, 9.17) is 5.73 Å². The third kappa shape index (κ3) is 2.23. The lowest BCUT2D eigenvalue weighted by Gasteiger charge is -2.11. The van der Waals surface area contributed by atoms with E-state index in [1.807, 2.05) is 25.1 Å². The summed E-state index contributed by atoms with van der Waals surface area (Å²) in [5.41, 5.74) is 8.42. The van der Waals surface area contributed by atoms with E-state index in [0.717, 1.165) is 16.8 Å². The number of amides is 2. The number of rotatable bonds is 2. The van der Waals surface area contributed by atoms with Crippen LogP contribution in [0.2, 0.25) is 0 Å². The third-order valence-corrected chi connectivity index (χ3v) is 2.09. The van der Waals surface area contributed by atoms with Gasteiger partial charge in [0.15, 0.2) is 0 Å². The van der Waals surface area contributed by atoms with Crippen molar-refractivity contribution in [2.24, 2.45) is 5.73 Å². The molecule has 0 aliphatic heterocycles. The number of anilines is 1. The molecule has 0 aromatic heterocycles. The van der Waals surface area contributed by atoms with Gasteiger partial charge in [-0.3, -0.25) is 0 Å². The number of carbonyl (C=O) groups excluding carboxylic acids is 1. The average molecular weight is 193 g/mol. The Kier molecular flexibility index (Phi) is 3.48. The van der Waals surface area contributed by atoms with Crippen LogP contribution in [0, 0.1) is 6.92 Å². The lowest BCUT2D eigenvalue weighted by molar-refractivity contribution is 0.254. The summed E-state index contributed by atoms with van der Waals surface area (Å²) in [6, 6.07) is 5.46. The van der Waals surface area contributed by atoms with Gasteiger partial charge in [0.1, 0.15) is 0 Å². The van der Waals surface area contributed by atoms with Gasteiger partial charge in [-0.15, -0.1) is 0 Å². The second-order valence-corrected chi connectivity index (χ2v) is 3.01. The van der Waals surface area contributed by atoms with E-state index >= 15 is 0 Å². The molecule has 1 rings (SSSR count). The van der Waals surface area contributed by atoms with Gasteiger partial charge in [0.2, 0.25) is 0 Å². The first-order valence-electron chi connectivity index (χ1n) is 4.46. The minimum Gasteiger partial charge on any atom is -0.341 e. The van der Waals surface area contributed by atoms with Crippen molar-refractivity contribution in [1.82, 2.24) is 5.32 Å². The summed E-state index contributed by atoms with van der Waals surface area (Å²) in [7, 11) is 1.58. The SMILES string of the molecule is CNC(=O)Nc1cccc(C)c1CN. The van der Waals surface area contributed by atoms with Crippen LogP contribution in [0.15, 0.2) is 18.2 Å². The normalized spacial score (nSPS) is 9.64. The van der Waals surface area contributed by atoms with Crippen molar-refractivity contribution in [2.45, 2.75) is 13.5 Å². The molecule has 0 saturated carbocycles. The third-order valence-electron chi connectivity index (χ3n) is 2.09. The predicted molar refractivity (Wildman–Crippen MR) is 57.1 cm³/mol. The predicted octanol–water partition coefficient (Wildman–Crippen LogP) is 1.21. The molecule has 0 aliphatic rings. The molecule has 0 saturated heterocycles. The van der Waals surface area contributed by atoms with Crippen molar-refractivity contribution < 1.29 is 4.79 Å². The molecule has 4 heteroatoms. The van der Waals surface area contributed by atoms with E-state index in [1.54, 1.807) is 7.05 Å². The van der Waals surface area contributed by atoms with Gasteiger partial charge in [0.05, 0.1) is 0 Å². The van der Waals surface area contributed by atoms with Crippen molar-refractivity contribution in [2.75, 3.05) is 12.4 Å². The van der Waals surface area contributed by atoms with Crippen LogP contribution in [0.4, 0.5) is 10.5 Å². The van der Waals surface area contributed by atoms with Crippen LogP contribution < -0.4 is 16.4 Å². The molecule has 0 unspecified atom stereocenters. The highest BCUT2D eigenvalue weighted by molar-refractivity contribution is 5.90. The molecule has 4 nitrogen and oxygen atoms in total. The maximum Gasteiger partial charge on any atom is 0.318 e. The molecule has 0 aliphatic carbocycles. The Morgan fingerprint density at radius 1 is 1.50 bits per heavy atom. The van der Waals surface area contributed by atoms with Crippen LogP contribution in [0.25, 0.3) is 0 Å². The molecule has 1 aromatic carbocycles. The van der Waals surface area contributed by atoms with Crippen molar-refractivity contribution in [3.63, 3.8) is 0 Å². The van der Waals surface area contributed by atoms with E-state index in [9.17, 15) is 4.79 Å². The Morgan fingerprint density at radius 2 is 2.21 bits per heavy atom. The molecule has 0 fully saturated rings. The summed E-state index contributed by atoms with van der Waals surface area (Å²) >= 11 is 0. The first-order valence-corrected chi connectivity index (χ1v) is 4.46. The van der Waals surface area contributed by atoms with Gasteiger partial charge in [-0.25, -0.2) is 4.79 Å². The fourth-order valence-corrected chi connectivity index (χ4v) is 1.28. The Bertz CT molecular complexity index is 336. The van der Waals surface area contributed by atoms with Gasteiger partial charge in [0.25, 0.3) is 0 Å². The lowest BCUT2D eigenvalue weighted by Crippen LogP contribution is -2.25. The lowest BCUT2D eigenvalue weighted by atomic mass is 10.1. The first kappa shape index (κ1) is 10.5. The van der Waals surface area contributed by atoms with Gasteiger partial charge in [-0.2, -0.15) is 0 Å². The number of urea groups is 1. The number of hydrogen-bond acceptors (Lipinski definition) is 2. The Balaban J connectivity index is 2.96. The highest BCUT2D eigenvalue weighted by Crippen LogP contribution is 2.18. The van der Waals surface area contributed by atoms with Crippen molar-refractivity contribution in [3.05, 3.63) is 29.3 Å². The highest BCUT2D eigenvalue weighted by Gasteiger charge is 2.05. The quantitative estimate of drug-likeness (QED) is 0.660. The number of nitrogens with one attached hydrogen (secondary N) is 2. The summed E-state index contributed by atoms with van der Waals surface area (Å²) in [4.78, 5) is 11.1. The largest absolute Gasteiger partial charge is 0.341 e. The van der Waals surface area contributed by atoms with Gasteiger partial charge in [-0.05, 0) is 24.1 Å². The fourth-order valence-electron chi connectivity index (χ4n) is 1.28. The first-order chi connectivity index (χ1) is 6.69. The number of aryl methyl sites for hydroxylation is 1. The molecular weight excluding hydrogens is 178 g/mol. The van der Waals surface area contributed by atoms with Gasteiger partial charge >= 0.3 is 6.03 Å². The molecule has 0 spiro atoms. The molecular formula is C10H15N3O. The number of benzene rings is 1. The van der Waals surface area contributed by atoms with E-state index in [0.29, 0.717) is 6.54 Å². The van der Waals surface area contributed by atoms with Crippen LogP contribution >= 0.6 is 0 Å². The van der Waals surface area contributed by atoms with Crippen molar-refractivity contribution >= 4 is 11.7 Å². The molecule has 0 bridgehead atoms. The summed E-state index contributed by atoms with van der Waals surface area (Å²) in [5, 5.41) is 5.22. The van der Waals surface area contributed by atoms with E-state index < -0.39 is 0 Å². The van der Waals surface area contributed by atoms with Crippen molar-refractivity contribution in [1.29, 1.82) is 0 Å². The Labute approximate surface area is 83.5 Å². The van der Waals surface area contributed by atoms with E-state index in [-0.39, 0.29) is 6.03 Å². The Hall–Kier alpha value is -1.55.